The summed E-state index contributed by atoms with van der Waals surface area (Å²) in [5.74, 6) is 1.06. The third kappa shape index (κ3) is 1.86. The molecule has 0 spiro atoms. The zero-order valence-electron chi connectivity index (χ0n) is 12.4. The highest BCUT2D eigenvalue weighted by atomic mass is 16.5. The van der Waals surface area contributed by atoms with Crippen molar-refractivity contribution >= 4 is 0 Å². The molecular formula is C17H21NO. The van der Waals surface area contributed by atoms with Crippen LogP contribution in [0.5, 0.6) is 5.75 Å². The molecule has 0 fully saturated rings. The quantitative estimate of drug-likeness (QED) is 0.747. The number of hydrogen-bond donors (Lipinski definition) is 0. The smallest absolute Gasteiger partial charge is 0.147 e. The van der Waals surface area contributed by atoms with E-state index >= 15 is 0 Å². The van der Waals surface area contributed by atoms with Gasteiger partial charge in [0.2, 0.25) is 0 Å². The summed E-state index contributed by atoms with van der Waals surface area (Å²) in [7, 11) is 0. The molecule has 1 aliphatic heterocycles. The summed E-state index contributed by atoms with van der Waals surface area (Å²) in [6, 6.07) is 8.69. The Morgan fingerprint density at radius 2 is 1.63 bits per heavy atom. The Balaban J connectivity index is 2.24. The third-order valence-corrected chi connectivity index (χ3v) is 3.97. The van der Waals surface area contributed by atoms with Gasteiger partial charge in [-0.15, -0.1) is 0 Å². The Morgan fingerprint density at radius 1 is 1.00 bits per heavy atom. The van der Waals surface area contributed by atoms with Crippen molar-refractivity contribution in [1.82, 2.24) is 4.57 Å². The Labute approximate surface area is 115 Å². The maximum atomic E-state index is 6.22. The predicted octanol–water partition coefficient (Wildman–Crippen LogP) is 4.12. The number of benzene rings is 1. The first-order chi connectivity index (χ1) is 8.89. The van der Waals surface area contributed by atoms with Crippen molar-refractivity contribution in [2.75, 3.05) is 0 Å². The highest BCUT2D eigenvalue weighted by Gasteiger charge is 2.33. The molecule has 2 nitrogen and oxygen atoms in total. The molecule has 2 heterocycles. The Kier molecular flexibility index (Phi) is 2.53. The largest absolute Gasteiger partial charge is 0.485 e. The van der Waals surface area contributed by atoms with E-state index in [2.05, 4.69) is 63.5 Å². The van der Waals surface area contributed by atoms with Gasteiger partial charge in [0.15, 0.2) is 0 Å². The number of hydrogen-bond acceptors (Lipinski definition) is 1. The second-order valence-electron chi connectivity index (χ2n) is 6.20. The average Bonchev–Trinajstić information content (AvgIpc) is 2.81. The van der Waals surface area contributed by atoms with Crippen LogP contribution >= 0.6 is 0 Å². The SMILES string of the molecule is Cc1ccc(-n2c(C)ccc2C)c2c1CC(C)(C)O2. The second-order valence-corrected chi connectivity index (χ2v) is 6.20. The number of rotatable bonds is 1. The van der Waals surface area contributed by atoms with Crippen LogP contribution in [-0.4, -0.2) is 10.2 Å². The molecule has 0 unspecified atom stereocenters. The van der Waals surface area contributed by atoms with Gasteiger partial charge in [0.25, 0.3) is 0 Å². The molecule has 0 bridgehead atoms. The maximum Gasteiger partial charge on any atom is 0.147 e. The number of nitrogens with zero attached hydrogens (tertiary/aromatic N) is 1. The van der Waals surface area contributed by atoms with Crippen LogP contribution in [0.3, 0.4) is 0 Å². The van der Waals surface area contributed by atoms with Gasteiger partial charge in [-0.1, -0.05) is 6.07 Å². The first kappa shape index (κ1) is 12.3. The van der Waals surface area contributed by atoms with E-state index in [-0.39, 0.29) is 5.60 Å². The average molecular weight is 255 g/mol. The highest BCUT2D eigenvalue weighted by molar-refractivity contribution is 5.59. The number of ether oxygens (including phenoxy) is 1. The molecule has 0 atom stereocenters. The van der Waals surface area contributed by atoms with Crippen molar-refractivity contribution in [3.63, 3.8) is 0 Å². The molecular weight excluding hydrogens is 234 g/mol. The summed E-state index contributed by atoms with van der Waals surface area (Å²) in [5.41, 5.74) is 6.25. The van der Waals surface area contributed by atoms with Gasteiger partial charge in [0.05, 0.1) is 5.69 Å². The summed E-state index contributed by atoms with van der Waals surface area (Å²) in [6.45, 7) is 10.8. The van der Waals surface area contributed by atoms with Crippen LogP contribution < -0.4 is 4.74 Å². The van der Waals surface area contributed by atoms with Crippen molar-refractivity contribution in [2.24, 2.45) is 0 Å². The fraction of sp³-hybridized carbons (Fsp3) is 0.412. The van der Waals surface area contributed by atoms with E-state index in [0.29, 0.717) is 0 Å². The van der Waals surface area contributed by atoms with Crippen LogP contribution in [0.1, 0.15) is 36.4 Å². The van der Waals surface area contributed by atoms with Crippen LogP contribution in [0.2, 0.25) is 0 Å². The van der Waals surface area contributed by atoms with Crippen molar-refractivity contribution in [3.05, 3.63) is 46.8 Å². The van der Waals surface area contributed by atoms with E-state index in [1.165, 1.54) is 28.2 Å². The number of fused-ring (bicyclic) bond motifs is 1. The van der Waals surface area contributed by atoms with Gasteiger partial charge in [0, 0.05) is 23.4 Å². The van der Waals surface area contributed by atoms with Gasteiger partial charge in [-0.25, -0.2) is 0 Å². The lowest BCUT2D eigenvalue weighted by Crippen LogP contribution is -2.25. The van der Waals surface area contributed by atoms with Gasteiger partial charge in [0.1, 0.15) is 11.4 Å². The molecule has 0 saturated heterocycles. The minimum Gasteiger partial charge on any atom is -0.485 e. The van der Waals surface area contributed by atoms with Crippen molar-refractivity contribution in [1.29, 1.82) is 0 Å². The van der Waals surface area contributed by atoms with E-state index < -0.39 is 0 Å². The minimum atomic E-state index is -0.0990. The molecule has 0 N–H and O–H groups in total. The normalized spacial score (nSPS) is 16.3. The molecule has 0 amide bonds. The third-order valence-electron chi connectivity index (χ3n) is 3.97. The van der Waals surface area contributed by atoms with Gasteiger partial charge >= 0.3 is 0 Å². The van der Waals surface area contributed by atoms with E-state index in [0.717, 1.165) is 12.2 Å². The number of aryl methyl sites for hydroxylation is 3. The molecule has 1 aromatic carbocycles. The maximum absolute atomic E-state index is 6.22. The monoisotopic (exact) mass is 255 g/mol. The first-order valence-corrected chi connectivity index (χ1v) is 6.86. The van der Waals surface area contributed by atoms with Crippen molar-refractivity contribution in [2.45, 2.75) is 46.6 Å². The summed E-state index contributed by atoms with van der Waals surface area (Å²) in [5, 5.41) is 0. The van der Waals surface area contributed by atoms with Crippen LogP contribution in [0.15, 0.2) is 24.3 Å². The molecule has 2 heteroatoms. The summed E-state index contributed by atoms with van der Waals surface area (Å²) in [4.78, 5) is 0. The summed E-state index contributed by atoms with van der Waals surface area (Å²) < 4.78 is 8.50. The fourth-order valence-electron chi connectivity index (χ4n) is 3.01. The molecule has 2 aromatic rings. The van der Waals surface area contributed by atoms with Gasteiger partial charge in [-0.3, -0.25) is 0 Å². The van der Waals surface area contributed by atoms with Gasteiger partial charge < -0.3 is 9.30 Å². The van der Waals surface area contributed by atoms with Crippen LogP contribution in [0.25, 0.3) is 5.69 Å². The Morgan fingerprint density at radius 3 is 2.26 bits per heavy atom. The fourth-order valence-corrected chi connectivity index (χ4v) is 3.01. The van der Waals surface area contributed by atoms with Gasteiger partial charge in [-0.2, -0.15) is 0 Å². The molecule has 0 radical (unpaired) electrons. The highest BCUT2D eigenvalue weighted by Crippen LogP contribution is 2.41. The lowest BCUT2D eigenvalue weighted by atomic mass is 9.97. The predicted molar refractivity (Wildman–Crippen MR) is 78.4 cm³/mol. The van der Waals surface area contributed by atoms with Crippen LogP contribution in [0, 0.1) is 20.8 Å². The Hall–Kier alpha value is -1.70. The lowest BCUT2D eigenvalue weighted by molar-refractivity contribution is 0.138. The van der Waals surface area contributed by atoms with E-state index in [4.69, 9.17) is 4.74 Å². The molecule has 1 aromatic heterocycles. The van der Waals surface area contributed by atoms with Crippen molar-refractivity contribution in [3.8, 4) is 11.4 Å². The molecule has 1 aliphatic rings. The van der Waals surface area contributed by atoms with Gasteiger partial charge in [-0.05, 0) is 58.4 Å². The van der Waals surface area contributed by atoms with Crippen LogP contribution in [0.4, 0.5) is 0 Å². The zero-order valence-corrected chi connectivity index (χ0v) is 12.4. The first-order valence-electron chi connectivity index (χ1n) is 6.86. The summed E-state index contributed by atoms with van der Waals surface area (Å²) >= 11 is 0. The van der Waals surface area contributed by atoms with E-state index in [1.54, 1.807) is 0 Å². The topological polar surface area (TPSA) is 14.2 Å². The molecule has 100 valence electrons. The van der Waals surface area contributed by atoms with E-state index in [1.807, 2.05) is 0 Å². The Bertz CT molecular complexity index is 630. The second kappa shape index (κ2) is 3.89. The minimum absolute atomic E-state index is 0.0990. The molecule has 19 heavy (non-hydrogen) atoms. The summed E-state index contributed by atoms with van der Waals surface area (Å²) in [6.07, 6.45) is 0.987. The zero-order chi connectivity index (χ0) is 13.8. The number of aromatic nitrogens is 1. The van der Waals surface area contributed by atoms with Crippen LogP contribution in [-0.2, 0) is 6.42 Å². The van der Waals surface area contributed by atoms with Crippen molar-refractivity contribution < 1.29 is 4.74 Å². The molecule has 0 aliphatic carbocycles. The molecule has 0 saturated carbocycles. The van der Waals surface area contributed by atoms with E-state index in [9.17, 15) is 0 Å². The molecule has 3 rings (SSSR count). The standard InChI is InChI=1S/C17H21NO/c1-11-6-9-15(18-12(2)7-8-13(18)3)16-14(11)10-17(4,5)19-16/h6-9H,10H2,1-5H3. The lowest BCUT2D eigenvalue weighted by Gasteiger charge is -2.19.